The molecule has 2 aromatic rings. The van der Waals surface area contributed by atoms with E-state index in [0.717, 1.165) is 10.9 Å². The number of hydrogen-bond acceptors (Lipinski definition) is 0. The van der Waals surface area contributed by atoms with E-state index in [-0.39, 0.29) is 0 Å². The molecule has 1 aliphatic rings. The summed E-state index contributed by atoms with van der Waals surface area (Å²) in [5.74, 6) is 0. The van der Waals surface area contributed by atoms with Gasteiger partial charge in [-0.15, -0.1) is 0 Å². The van der Waals surface area contributed by atoms with Crippen LogP contribution in [0.2, 0.25) is 0 Å². The van der Waals surface area contributed by atoms with Crippen LogP contribution in [0.25, 0.3) is 17.2 Å². The molecule has 0 heterocycles. The molecule has 0 saturated heterocycles. The van der Waals surface area contributed by atoms with Gasteiger partial charge in [0.2, 0.25) is 0 Å². The normalized spacial score (nSPS) is 12.8. The zero-order valence-corrected chi connectivity index (χ0v) is 10.4. The fourth-order valence-corrected chi connectivity index (χ4v) is 2.69. The van der Waals surface area contributed by atoms with Crippen LogP contribution in [0.4, 0.5) is 0 Å². The van der Waals surface area contributed by atoms with E-state index in [4.69, 9.17) is 0 Å². The minimum atomic E-state index is 1.05. The summed E-state index contributed by atoms with van der Waals surface area (Å²) < 4.78 is 1.15. The number of hydrogen-bond donors (Lipinski definition) is 0. The molecule has 1 aliphatic carbocycles. The van der Waals surface area contributed by atoms with Crippen LogP contribution >= 0.6 is 15.9 Å². The first-order chi connectivity index (χ1) is 7.84. The Labute approximate surface area is 104 Å². The predicted molar refractivity (Wildman–Crippen MR) is 72.3 cm³/mol. The highest BCUT2D eigenvalue weighted by molar-refractivity contribution is 9.10. The molecule has 16 heavy (non-hydrogen) atoms. The molecule has 78 valence electrons. The van der Waals surface area contributed by atoms with E-state index in [9.17, 15) is 0 Å². The second-order valence-corrected chi connectivity index (χ2v) is 4.91. The van der Waals surface area contributed by atoms with Gasteiger partial charge in [-0.1, -0.05) is 58.4 Å². The Bertz CT molecular complexity index is 553. The molecule has 0 bridgehead atoms. The minimum absolute atomic E-state index is 1.05. The average Bonchev–Trinajstić information content (AvgIpc) is 2.77. The zero-order chi connectivity index (χ0) is 11.0. The highest BCUT2D eigenvalue weighted by Crippen LogP contribution is 2.34. The van der Waals surface area contributed by atoms with Gasteiger partial charge in [-0.25, -0.2) is 0 Å². The molecule has 2 aromatic carbocycles. The Morgan fingerprint density at radius 2 is 1.81 bits per heavy atom. The number of halogens is 1. The van der Waals surface area contributed by atoms with Crippen LogP contribution in [0.5, 0.6) is 0 Å². The van der Waals surface area contributed by atoms with E-state index >= 15 is 0 Å². The van der Waals surface area contributed by atoms with Crippen molar-refractivity contribution in [1.29, 1.82) is 0 Å². The molecule has 0 radical (unpaired) electrons. The Morgan fingerprint density at radius 3 is 2.62 bits per heavy atom. The first-order valence-electron chi connectivity index (χ1n) is 5.39. The van der Waals surface area contributed by atoms with Crippen molar-refractivity contribution in [2.45, 2.75) is 6.42 Å². The molecule has 0 amide bonds. The van der Waals surface area contributed by atoms with Crippen molar-refractivity contribution in [2.75, 3.05) is 0 Å². The lowest BCUT2D eigenvalue weighted by atomic mass is 9.97. The Kier molecular flexibility index (Phi) is 2.41. The van der Waals surface area contributed by atoms with Crippen LogP contribution in [0.15, 0.2) is 53.0 Å². The van der Waals surface area contributed by atoms with Crippen LogP contribution in [0, 0.1) is 0 Å². The zero-order valence-electron chi connectivity index (χ0n) is 8.78. The van der Waals surface area contributed by atoms with E-state index in [1.807, 2.05) is 0 Å². The number of allylic oxidation sites excluding steroid dienone is 1. The third-order valence-corrected chi connectivity index (χ3v) is 3.41. The Balaban J connectivity index is 2.23. The second kappa shape index (κ2) is 3.91. The van der Waals surface area contributed by atoms with E-state index < -0.39 is 0 Å². The maximum absolute atomic E-state index is 3.58. The van der Waals surface area contributed by atoms with E-state index in [0.29, 0.717) is 0 Å². The summed E-state index contributed by atoms with van der Waals surface area (Å²) in [6, 6.07) is 15.0. The molecular formula is C15H11Br. The first kappa shape index (κ1) is 9.86. The Hall–Kier alpha value is -1.34. The van der Waals surface area contributed by atoms with Gasteiger partial charge in [0.05, 0.1) is 0 Å². The van der Waals surface area contributed by atoms with Gasteiger partial charge in [-0.2, -0.15) is 0 Å². The lowest BCUT2D eigenvalue weighted by Crippen LogP contribution is -1.89. The molecule has 0 unspecified atom stereocenters. The Morgan fingerprint density at radius 1 is 1.00 bits per heavy atom. The quantitative estimate of drug-likeness (QED) is 0.706. The number of benzene rings is 2. The molecule has 0 atom stereocenters. The number of fused-ring (bicyclic) bond motifs is 1. The summed E-state index contributed by atoms with van der Waals surface area (Å²) >= 11 is 3.58. The summed E-state index contributed by atoms with van der Waals surface area (Å²) in [5, 5.41) is 0. The van der Waals surface area contributed by atoms with Crippen LogP contribution in [0.1, 0.15) is 11.1 Å². The molecule has 3 rings (SSSR count). The third-order valence-electron chi connectivity index (χ3n) is 2.95. The molecule has 0 N–H and O–H groups in total. The first-order valence-corrected chi connectivity index (χ1v) is 6.18. The lowest BCUT2D eigenvalue weighted by molar-refractivity contribution is 1.30. The largest absolute Gasteiger partial charge is 0.0795 e. The van der Waals surface area contributed by atoms with Crippen LogP contribution in [0.3, 0.4) is 0 Å². The van der Waals surface area contributed by atoms with Gasteiger partial charge in [0, 0.05) is 4.47 Å². The maximum Gasteiger partial charge on any atom is 0.0187 e. The minimum Gasteiger partial charge on any atom is -0.0795 e. The summed E-state index contributed by atoms with van der Waals surface area (Å²) in [6.45, 7) is 0. The van der Waals surface area contributed by atoms with Gasteiger partial charge in [0.15, 0.2) is 0 Å². The van der Waals surface area contributed by atoms with Crippen molar-refractivity contribution < 1.29 is 0 Å². The van der Waals surface area contributed by atoms with E-state index in [1.165, 1.54) is 22.3 Å². The highest BCUT2D eigenvalue weighted by atomic mass is 79.9. The standard InChI is InChI=1S/C15H11Br/c16-13-9-12-7-4-8-14(12)15(10-13)11-5-2-1-3-6-11/h1-7,9-10H,8H2. The van der Waals surface area contributed by atoms with Gasteiger partial charge in [-0.05, 0) is 40.8 Å². The van der Waals surface area contributed by atoms with Crippen molar-refractivity contribution in [3.63, 3.8) is 0 Å². The van der Waals surface area contributed by atoms with Crippen molar-refractivity contribution in [3.8, 4) is 11.1 Å². The highest BCUT2D eigenvalue weighted by Gasteiger charge is 2.12. The van der Waals surface area contributed by atoms with Crippen LogP contribution in [-0.2, 0) is 6.42 Å². The van der Waals surface area contributed by atoms with Gasteiger partial charge < -0.3 is 0 Å². The molecular weight excluding hydrogens is 260 g/mol. The maximum atomic E-state index is 3.58. The fraction of sp³-hybridized carbons (Fsp3) is 0.0667. The molecule has 0 nitrogen and oxygen atoms in total. The SMILES string of the molecule is Brc1cc2c(c(-c3ccccc3)c1)CC=C2. The van der Waals surface area contributed by atoms with Crippen LogP contribution in [-0.4, -0.2) is 0 Å². The van der Waals surface area contributed by atoms with Gasteiger partial charge in [-0.3, -0.25) is 0 Å². The molecule has 0 spiro atoms. The van der Waals surface area contributed by atoms with Crippen molar-refractivity contribution in [1.82, 2.24) is 0 Å². The summed E-state index contributed by atoms with van der Waals surface area (Å²) in [6.07, 6.45) is 5.48. The molecule has 0 fully saturated rings. The van der Waals surface area contributed by atoms with E-state index in [1.54, 1.807) is 0 Å². The fourth-order valence-electron chi connectivity index (χ4n) is 2.21. The van der Waals surface area contributed by atoms with Crippen LogP contribution < -0.4 is 0 Å². The summed E-state index contributed by atoms with van der Waals surface area (Å²) in [4.78, 5) is 0. The van der Waals surface area contributed by atoms with Crippen molar-refractivity contribution >= 4 is 22.0 Å². The van der Waals surface area contributed by atoms with Gasteiger partial charge in [0.25, 0.3) is 0 Å². The smallest absolute Gasteiger partial charge is 0.0187 e. The van der Waals surface area contributed by atoms with Crippen molar-refractivity contribution in [3.05, 3.63) is 64.1 Å². The monoisotopic (exact) mass is 270 g/mol. The number of rotatable bonds is 1. The van der Waals surface area contributed by atoms with Crippen molar-refractivity contribution in [2.24, 2.45) is 0 Å². The third kappa shape index (κ3) is 1.61. The summed E-state index contributed by atoms with van der Waals surface area (Å²) in [5.41, 5.74) is 5.42. The van der Waals surface area contributed by atoms with Gasteiger partial charge in [0.1, 0.15) is 0 Å². The molecule has 0 saturated carbocycles. The predicted octanol–water partition coefficient (Wildman–Crippen LogP) is 4.69. The van der Waals surface area contributed by atoms with E-state index in [2.05, 4.69) is 70.5 Å². The lowest BCUT2D eigenvalue weighted by Gasteiger charge is -2.09. The molecule has 0 aliphatic heterocycles. The molecule has 1 heteroatoms. The second-order valence-electron chi connectivity index (χ2n) is 3.99. The summed E-state index contributed by atoms with van der Waals surface area (Å²) in [7, 11) is 0. The topological polar surface area (TPSA) is 0 Å². The molecule has 0 aromatic heterocycles. The van der Waals surface area contributed by atoms with Gasteiger partial charge >= 0.3 is 0 Å². The average molecular weight is 271 g/mol.